The molecule has 1 saturated carbocycles. The van der Waals surface area contributed by atoms with Gasteiger partial charge in [0.1, 0.15) is 12.1 Å². The third-order valence-corrected chi connectivity index (χ3v) is 6.19. The van der Waals surface area contributed by atoms with E-state index in [9.17, 15) is 19.5 Å². The van der Waals surface area contributed by atoms with Crippen LogP contribution in [0.25, 0.3) is 0 Å². The first-order chi connectivity index (χ1) is 14.0. The quantitative estimate of drug-likeness (QED) is 0.736. The van der Waals surface area contributed by atoms with Crippen LogP contribution < -0.4 is 5.32 Å². The van der Waals surface area contributed by atoms with Crippen LogP contribution in [0.15, 0.2) is 30.3 Å². The van der Waals surface area contributed by atoms with Gasteiger partial charge in [0.15, 0.2) is 0 Å². The molecule has 2 amide bonds. The number of nitrogens with zero attached hydrogens (tertiary/aromatic N) is 1. The zero-order valence-corrected chi connectivity index (χ0v) is 17.0. The van der Waals surface area contributed by atoms with Crippen molar-refractivity contribution in [1.29, 1.82) is 0 Å². The van der Waals surface area contributed by atoms with Crippen LogP contribution >= 0.6 is 0 Å². The number of rotatable bonds is 7. The minimum Gasteiger partial charge on any atom is -0.480 e. The Hall–Kier alpha value is -2.37. The van der Waals surface area contributed by atoms with E-state index in [-0.39, 0.29) is 11.8 Å². The molecule has 1 aliphatic carbocycles. The molecule has 2 unspecified atom stereocenters. The summed E-state index contributed by atoms with van der Waals surface area (Å²) >= 11 is 0. The Balaban J connectivity index is 1.71. The summed E-state index contributed by atoms with van der Waals surface area (Å²) in [4.78, 5) is 39.1. The fraction of sp³-hybridized carbons (Fsp3) is 0.609. The van der Waals surface area contributed by atoms with Crippen LogP contribution in [0.5, 0.6) is 0 Å². The molecule has 0 bridgehead atoms. The van der Waals surface area contributed by atoms with E-state index in [4.69, 9.17) is 0 Å². The molecule has 6 nitrogen and oxygen atoms in total. The molecular weight excluding hydrogens is 368 g/mol. The van der Waals surface area contributed by atoms with Crippen LogP contribution in [0.1, 0.15) is 63.4 Å². The van der Waals surface area contributed by atoms with Crippen molar-refractivity contribution in [3.05, 3.63) is 35.9 Å². The number of carboxylic acids is 1. The van der Waals surface area contributed by atoms with Gasteiger partial charge in [-0.2, -0.15) is 0 Å². The Morgan fingerprint density at radius 1 is 1.00 bits per heavy atom. The Morgan fingerprint density at radius 3 is 2.38 bits per heavy atom. The number of carbonyl (C=O) groups is 3. The van der Waals surface area contributed by atoms with Gasteiger partial charge in [-0.15, -0.1) is 0 Å². The van der Waals surface area contributed by atoms with Crippen LogP contribution in [-0.2, 0) is 20.8 Å². The molecule has 2 N–H and O–H groups in total. The number of benzene rings is 1. The van der Waals surface area contributed by atoms with Gasteiger partial charge >= 0.3 is 5.97 Å². The van der Waals surface area contributed by atoms with Gasteiger partial charge in [-0.1, -0.05) is 49.6 Å². The molecule has 158 valence electrons. The second-order valence-corrected chi connectivity index (χ2v) is 8.40. The highest BCUT2D eigenvalue weighted by molar-refractivity contribution is 5.91. The molecule has 2 aliphatic rings. The summed E-state index contributed by atoms with van der Waals surface area (Å²) in [7, 11) is 0. The molecule has 0 spiro atoms. The number of amides is 2. The summed E-state index contributed by atoms with van der Waals surface area (Å²) in [5.41, 5.74) is 0.952. The molecule has 1 aliphatic heterocycles. The van der Waals surface area contributed by atoms with Crippen molar-refractivity contribution in [2.24, 2.45) is 5.92 Å². The number of nitrogens with one attached hydrogen (secondary N) is 1. The Kier molecular flexibility index (Phi) is 7.67. The highest BCUT2D eigenvalue weighted by Crippen LogP contribution is 2.26. The van der Waals surface area contributed by atoms with Crippen LogP contribution in [0.2, 0.25) is 0 Å². The molecule has 6 heteroatoms. The Labute approximate surface area is 172 Å². The zero-order chi connectivity index (χ0) is 20.6. The van der Waals surface area contributed by atoms with Crippen molar-refractivity contribution in [1.82, 2.24) is 10.2 Å². The van der Waals surface area contributed by atoms with E-state index in [1.807, 2.05) is 30.3 Å². The molecular formula is C23H32N2O4. The van der Waals surface area contributed by atoms with E-state index in [2.05, 4.69) is 5.32 Å². The van der Waals surface area contributed by atoms with Gasteiger partial charge in [0.2, 0.25) is 11.8 Å². The summed E-state index contributed by atoms with van der Waals surface area (Å²) in [6.07, 6.45) is 8.59. The van der Waals surface area contributed by atoms with Crippen molar-refractivity contribution in [2.75, 3.05) is 6.54 Å². The summed E-state index contributed by atoms with van der Waals surface area (Å²) in [6, 6.07) is 8.05. The Bertz CT molecular complexity index is 700. The summed E-state index contributed by atoms with van der Waals surface area (Å²) in [5, 5.41) is 12.5. The molecule has 0 radical (unpaired) electrons. The first-order valence-electron chi connectivity index (χ1n) is 10.9. The number of carboxylic acid groups (broad SMARTS) is 1. The topological polar surface area (TPSA) is 86.7 Å². The lowest BCUT2D eigenvalue weighted by Crippen LogP contribution is -2.56. The summed E-state index contributed by atoms with van der Waals surface area (Å²) in [5.74, 6) is -0.962. The van der Waals surface area contributed by atoms with Gasteiger partial charge < -0.3 is 15.3 Å². The van der Waals surface area contributed by atoms with E-state index in [0.29, 0.717) is 31.7 Å². The predicted molar refractivity (Wildman–Crippen MR) is 110 cm³/mol. The minimum absolute atomic E-state index is 0.102. The second-order valence-electron chi connectivity index (χ2n) is 8.40. The maximum Gasteiger partial charge on any atom is 0.326 e. The van der Waals surface area contributed by atoms with Crippen LogP contribution in [0, 0.1) is 5.92 Å². The van der Waals surface area contributed by atoms with Gasteiger partial charge in [0, 0.05) is 19.4 Å². The van der Waals surface area contributed by atoms with Gasteiger partial charge in [-0.25, -0.2) is 4.79 Å². The van der Waals surface area contributed by atoms with Gasteiger partial charge in [0.05, 0.1) is 0 Å². The van der Waals surface area contributed by atoms with Crippen molar-refractivity contribution >= 4 is 17.8 Å². The van der Waals surface area contributed by atoms with E-state index >= 15 is 0 Å². The van der Waals surface area contributed by atoms with Gasteiger partial charge in [-0.3, -0.25) is 9.59 Å². The number of likely N-dealkylation sites (tertiary alicyclic amines) is 1. The van der Waals surface area contributed by atoms with E-state index in [0.717, 1.165) is 31.2 Å². The van der Waals surface area contributed by atoms with E-state index in [1.54, 1.807) is 0 Å². The zero-order valence-electron chi connectivity index (χ0n) is 17.0. The molecule has 1 aromatic carbocycles. The standard InChI is InChI=1S/C23H32N2O4/c26-21(16-18-11-5-2-6-12-18)24-19(15-17-9-3-1-4-10-17)22(27)25-14-8-7-13-20(25)23(28)29/h1,3-4,9-10,18-20H,2,5-8,11-16H2,(H,24,26)(H,28,29). The van der Waals surface area contributed by atoms with Crippen molar-refractivity contribution in [3.8, 4) is 0 Å². The largest absolute Gasteiger partial charge is 0.480 e. The smallest absolute Gasteiger partial charge is 0.326 e. The third kappa shape index (κ3) is 6.05. The molecule has 1 heterocycles. The SMILES string of the molecule is O=C(CC1CCCCC1)NC(Cc1ccccc1)C(=O)N1CCCCC1C(=O)O. The van der Waals surface area contributed by atoms with Crippen LogP contribution in [0.4, 0.5) is 0 Å². The van der Waals surface area contributed by atoms with Crippen LogP contribution in [0.3, 0.4) is 0 Å². The lowest BCUT2D eigenvalue weighted by atomic mass is 9.86. The maximum absolute atomic E-state index is 13.3. The lowest BCUT2D eigenvalue weighted by molar-refractivity contribution is -0.153. The summed E-state index contributed by atoms with van der Waals surface area (Å²) < 4.78 is 0. The van der Waals surface area contributed by atoms with Crippen molar-refractivity contribution in [2.45, 2.75) is 76.3 Å². The highest BCUT2D eigenvalue weighted by Gasteiger charge is 2.36. The molecule has 0 aromatic heterocycles. The molecule has 1 saturated heterocycles. The number of hydrogen-bond acceptors (Lipinski definition) is 3. The number of piperidine rings is 1. The third-order valence-electron chi connectivity index (χ3n) is 6.19. The number of aliphatic carboxylic acids is 1. The normalized spacial score (nSPS) is 21.4. The molecule has 2 fully saturated rings. The van der Waals surface area contributed by atoms with E-state index in [1.165, 1.54) is 24.2 Å². The first-order valence-corrected chi connectivity index (χ1v) is 10.9. The lowest BCUT2D eigenvalue weighted by Gasteiger charge is -2.35. The van der Waals surface area contributed by atoms with Gasteiger partial charge in [-0.05, 0) is 43.6 Å². The molecule has 1 aromatic rings. The molecule has 2 atom stereocenters. The molecule has 29 heavy (non-hydrogen) atoms. The average molecular weight is 401 g/mol. The van der Waals surface area contributed by atoms with Crippen LogP contribution in [-0.4, -0.2) is 46.4 Å². The van der Waals surface area contributed by atoms with Gasteiger partial charge in [0.25, 0.3) is 0 Å². The number of carbonyl (C=O) groups excluding carboxylic acids is 2. The fourth-order valence-corrected chi connectivity index (χ4v) is 4.61. The first kappa shape index (κ1) is 21.3. The Morgan fingerprint density at radius 2 is 1.69 bits per heavy atom. The second kappa shape index (κ2) is 10.4. The molecule has 3 rings (SSSR count). The fourth-order valence-electron chi connectivity index (χ4n) is 4.61. The minimum atomic E-state index is -0.968. The maximum atomic E-state index is 13.3. The predicted octanol–water partition coefficient (Wildman–Crippen LogP) is 3.15. The number of hydrogen-bond donors (Lipinski definition) is 2. The average Bonchev–Trinajstić information content (AvgIpc) is 2.74. The van der Waals surface area contributed by atoms with E-state index < -0.39 is 18.1 Å². The van der Waals surface area contributed by atoms with Crippen molar-refractivity contribution < 1.29 is 19.5 Å². The monoisotopic (exact) mass is 400 g/mol. The van der Waals surface area contributed by atoms with Crippen molar-refractivity contribution in [3.63, 3.8) is 0 Å². The summed E-state index contributed by atoms with van der Waals surface area (Å²) in [6.45, 7) is 0.430. The highest BCUT2D eigenvalue weighted by atomic mass is 16.4.